The third kappa shape index (κ3) is 5.55. The van der Waals surface area contributed by atoms with Crippen molar-refractivity contribution < 1.29 is 14.7 Å². The highest BCUT2D eigenvalue weighted by molar-refractivity contribution is 7.99. The molecular weight excluding hydrogens is 400 g/mol. The number of nitrogens with one attached hydrogen (secondary N) is 2. The lowest BCUT2D eigenvalue weighted by Crippen LogP contribution is -2.39. The quantitative estimate of drug-likeness (QED) is 0.470. The maximum Gasteiger partial charge on any atom is 0.303 e. The second-order valence-corrected chi connectivity index (χ2v) is 9.78. The molecule has 0 aliphatic carbocycles. The van der Waals surface area contributed by atoms with Crippen molar-refractivity contribution in [3.63, 3.8) is 0 Å². The van der Waals surface area contributed by atoms with E-state index in [2.05, 4.69) is 39.5 Å². The molecule has 3 aliphatic rings. The average Bonchev–Trinajstić information content (AvgIpc) is 3.23. The second-order valence-electron chi connectivity index (χ2n) is 8.56. The summed E-state index contributed by atoms with van der Waals surface area (Å²) in [7, 11) is 0. The first-order valence-corrected chi connectivity index (χ1v) is 12.1. The monoisotopic (exact) mass is 432 g/mol. The van der Waals surface area contributed by atoms with E-state index < -0.39 is 5.97 Å². The molecule has 30 heavy (non-hydrogen) atoms. The van der Waals surface area contributed by atoms with E-state index in [4.69, 9.17) is 15.4 Å². The summed E-state index contributed by atoms with van der Waals surface area (Å²) in [5, 5.41) is 17.4. The molecule has 1 aromatic rings. The highest BCUT2D eigenvalue weighted by Crippen LogP contribution is 2.28. The molecule has 0 spiro atoms. The molecule has 3 saturated heterocycles. The molecule has 1 aromatic carbocycles. The molecule has 3 heterocycles. The zero-order chi connectivity index (χ0) is 20.9. The van der Waals surface area contributed by atoms with Crippen molar-refractivity contribution in [3.05, 3.63) is 35.4 Å². The van der Waals surface area contributed by atoms with E-state index in [1.165, 1.54) is 5.56 Å². The van der Waals surface area contributed by atoms with Crippen LogP contribution in [0.25, 0.3) is 0 Å². The van der Waals surface area contributed by atoms with Gasteiger partial charge in [0.05, 0.1) is 12.1 Å². The first-order valence-electron chi connectivity index (χ1n) is 11.0. The minimum absolute atomic E-state index is 0.148. The minimum Gasteiger partial charge on any atom is -0.481 e. The van der Waals surface area contributed by atoms with Crippen molar-refractivity contribution in [1.82, 2.24) is 15.3 Å². The minimum atomic E-state index is -0.685. The normalized spacial score (nSPS) is 26.1. The summed E-state index contributed by atoms with van der Waals surface area (Å²) in [6.45, 7) is 4.71. The molecule has 7 nitrogen and oxygen atoms in total. The fraction of sp³-hybridized carbons (Fsp3) is 0.636. The number of amidine groups is 1. The first kappa shape index (κ1) is 21.6. The fourth-order valence-corrected chi connectivity index (χ4v) is 5.51. The van der Waals surface area contributed by atoms with E-state index in [0.717, 1.165) is 69.1 Å². The van der Waals surface area contributed by atoms with Crippen molar-refractivity contribution in [2.45, 2.75) is 37.8 Å². The number of carboxylic acid groups (broad SMARTS) is 1. The summed E-state index contributed by atoms with van der Waals surface area (Å²) in [5.41, 5.74) is 5.36. The van der Waals surface area contributed by atoms with Crippen LogP contribution in [0.15, 0.2) is 24.3 Å². The van der Waals surface area contributed by atoms with E-state index in [-0.39, 0.29) is 12.1 Å². The molecule has 4 rings (SSSR count). The van der Waals surface area contributed by atoms with E-state index in [1.54, 1.807) is 0 Å². The van der Waals surface area contributed by atoms with Crippen LogP contribution in [0.5, 0.6) is 0 Å². The van der Waals surface area contributed by atoms with Gasteiger partial charge in [-0.3, -0.25) is 15.0 Å². The predicted molar refractivity (Wildman–Crippen MR) is 119 cm³/mol. The molecule has 164 valence electrons. The van der Waals surface area contributed by atoms with Gasteiger partial charge in [0.1, 0.15) is 5.84 Å². The maximum absolute atomic E-state index is 10.9. The Morgan fingerprint density at radius 3 is 2.53 bits per heavy atom. The van der Waals surface area contributed by atoms with Gasteiger partial charge in [-0.2, -0.15) is 17.2 Å². The van der Waals surface area contributed by atoms with Crippen LogP contribution in [0.2, 0.25) is 0 Å². The molecule has 2 atom stereocenters. The summed E-state index contributed by atoms with van der Waals surface area (Å²) >= 11 is 1.96. The van der Waals surface area contributed by atoms with E-state index in [0.29, 0.717) is 18.2 Å². The fourth-order valence-electron chi connectivity index (χ4n) is 4.60. The average molecular weight is 433 g/mol. The van der Waals surface area contributed by atoms with Gasteiger partial charge in [0.25, 0.3) is 0 Å². The van der Waals surface area contributed by atoms with Gasteiger partial charge in [-0.05, 0) is 43.8 Å². The van der Waals surface area contributed by atoms with Crippen LogP contribution in [0.3, 0.4) is 0 Å². The molecule has 0 aromatic heterocycles. The highest BCUT2D eigenvalue weighted by atomic mass is 32.2. The van der Waals surface area contributed by atoms with E-state index >= 15 is 0 Å². The molecule has 2 unspecified atom stereocenters. The molecule has 0 saturated carbocycles. The number of piperidine rings is 1. The number of hydrogen-bond acceptors (Lipinski definition) is 6. The third-order valence-electron chi connectivity index (χ3n) is 6.42. The molecule has 3 fully saturated rings. The van der Waals surface area contributed by atoms with Gasteiger partial charge in [-0.1, -0.05) is 24.3 Å². The Balaban J connectivity index is 1.24. The van der Waals surface area contributed by atoms with Gasteiger partial charge in [0, 0.05) is 43.1 Å². The topological polar surface area (TPSA) is 88.9 Å². The number of nitrogens with zero attached hydrogens (tertiary/aromatic N) is 2. The van der Waals surface area contributed by atoms with Gasteiger partial charge in [0.15, 0.2) is 0 Å². The van der Waals surface area contributed by atoms with Gasteiger partial charge in [-0.15, -0.1) is 0 Å². The second kappa shape index (κ2) is 10.1. The van der Waals surface area contributed by atoms with Crippen molar-refractivity contribution in [1.29, 1.82) is 5.41 Å². The van der Waals surface area contributed by atoms with Crippen LogP contribution in [0.4, 0.5) is 0 Å². The number of hydrogen-bond donors (Lipinski definition) is 3. The largest absolute Gasteiger partial charge is 0.481 e. The summed E-state index contributed by atoms with van der Waals surface area (Å²) in [5.74, 6) is 2.46. The Labute approximate surface area is 182 Å². The third-order valence-corrected chi connectivity index (χ3v) is 7.36. The van der Waals surface area contributed by atoms with Gasteiger partial charge in [0.2, 0.25) is 0 Å². The molecule has 8 heteroatoms. The van der Waals surface area contributed by atoms with Gasteiger partial charge < -0.3 is 14.9 Å². The SMILES string of the molecule is N=C(c1ccc(C2CC(CN3CCC(CC(=O)O)CC3)ON2)cc1)N1CCSCC1. The van der Waals surface area contributed by atoms with Crippen molar-refractivity contribution in [2.24, 2.45) is 5.92 Å². The van der Waals surface area contributed by atoms with Crippen LogP contribution < -0.4 is 5.48 Å². The first-order chi connectivity index (χ1) is 14.6. The number of benzene rings is 1. The maximum atomic E-state index is 10.9. The summed E-state index contributed by atoms with van der Waals surface area (Å²) in [6.07, 6.45) is 3.28. The van der Waals surface area contributed by atoms with E-state index in [1.807, 2.05) is 11.8 Å². The zero-order valence-corrected chi connectivity index (χ0v) is 18.2. The molecule has 0 bridgehead atoms. The Hall–Kier alpha value is -1.61. The number of aliphatic carboxylic acids is 1. The highest BCUT2D eigenvalue weighted by Gasteiger charge is 2.30. The standard InChI is InChI=1S/C22H32N4O3S/c23-22(26-9-11-30-12-10-26)18-3-1-17(2-4-18)20-14-19(29-24-20)15-25-7-5-16(6-8-25)13-21(27)28/h1-4,16,19-20,23-24H,5-15H2,(H,27,28). The van der Waals surface area contributed by atoms with E-state index in [9.17, 15) is 4.79 Å². The summed E-state index contributed by atoms with van der Waals surface area (Å²) < 4.78 is 0. The van der Waals surface area contributed by atoms with Crippen LogP contribution in [0, 0.1) is 11.3 Å². The Morgan fingerprint density at radius 1 is 1.17 bits per heavy atom. The number of hydroxylamine groups is 1. The zero-order valence-electron chi connectivity index (χ0n) is 17.4. The van der Waals surface area contributed by atoms with Crippen LogP contribution in [-0.4, -0.2) is 77.0 Å². The predicted octanol–water partition coefficient (Wildman–Crippen LogP) is 2.58. The number of carboxylic acids is 1. The number of rotatable bonds is 6. The smallest absolute Gasteiger partial charge is 0.303 e. The van der Waals surface area contributed by atoms with Crippen LogP contribution in [-0.2, 0) is 9.63 Å². The Bertz CT molecular complexity index is 730. The summed E-state index contributed by atoms with van der Waals surface area (Å²) in [4.78, 5) is 21.3. The number of thioether (sulfide) groups is 1. The van der Waals surface area contributed by atoms with Crippen LogP contribution >= 0.6 is 11.8 Å². The molecule has 0 radical (unpaired) electrons. The lowest BCUT2D eigenvalue weighted by atomic mass is 9.93. The van der Waals surface area contributed by atoms with Crippen molar-refractivity contribution >= 4 is 23.6 Å². The lowest BCUT2D eigenvalue weighted by molar-refractivity contribution is -0.138. The molecular formula is C22H32N4O3S. The lowest BCUT2D eigenvalue weighted by Gasteiger charge is -2.32. The van der Waals surface area contributed by atoms with Gasteiger partial charge in [-0.25, -0.2) is 0 Å². The Kier molecular flexibility index (Phi) is 7.30. The Morgan fingerprint density at radius 2 is 1.87 bits per heavy atom. The molecule has 3 aliphatic heterocycles. The molecule has 3 N–H and O–H groups in total. The van der Waals surface area contributed by atoms with Crippen molar-refractivity contribution in [3.8, 4) is 0 Å². The van der Waals surface area contributed by atoms with Crippen LogP contribution in [0.1, 0.15) is 42.9 Å². The number of carbonyl (C=O) groups is 1. The number of likely N-dealkylation sites (tertiary alicyclic amines) is 1. The van der Waals surface area contributed by atoms with Gasteiger partial charge >= 0.3 is 5.97 Å². The van der Waals surface area contributed by atoms with Crippen molar-refractivity contribution in [2.75, 3.05) is 44.2 Å². The summed E-state index contributed by atoms with van der Waals surface area (Å²) in [6, 6.07) is 8.52. The molecule has 0 amide bonds.